The number of nitrogens with zero attached hydrogens (tertiary/aromatic N) is 1. The predicted octanol–water partition coefficient (Wildman–Crippen LogP) is 3.20. The lowest BCUT2D eigenvalue weighted by molar-refractivity contribution is 0.167. The zero-order chi connectivity index (χ0) is 12.1. The Bertz CT molecular complexity index is 327. The van der Waals surface area contributed by atoms with Crippen LogP contribution in [0.2, 0.25) is 0 Å². The third kappa shape index (κ3) is 3.74. The van der Waals surface area contributed by atoms with Crippen LogP contribution in [-0.4, -0.2) is 29.1 Å². The SMILES string of the molecule is CC(CCc1ccc(O)cc1)N1CCCCC1. The van der Waals surface area contributed by atoms with Crippen LogP contribution in [0.4, 0.5) is 0 Å². The molecule has 2 nitrogen and oxygen atoms in total. The quantitative estimate of drug-likeness (QED) is 0.863. The smallest absolute Gasteiger partial charge is 0.115 e. The topological polar surface area (TPSA) is 23.5 Å². The molecule has 0 saturated carbocycles. The summed E-state index contributed by atoms with van der Waals surface area (Å²) in [4.78, 5) is 2.61. The van der Waals surface area contributed by atoms with Gasteiger partial charge in [-0.1, -0.05) is 18.6 Å². The van der Waals surface area contributed by atoms with Crippen molar-refractivity contribution in [1.82, 2.24) is 4.90 Å². The van der Waals surface area contributed by atoms with Gasteiger partial charge in [0.25, 0.3) is 0 Å². The first kappa shape index (κ1) is 12.4. The first-order chi connectivity index (χ1) is 8.25. The Balaban J connectivity index is 1.78. The zero-order valence-electron chi connectivity index (χ0n) is 10.7. The van der Waals surface area contributed by atoms with E-state index in [0.717, 1.165) is 6.42 Å². The molecule has 0 aromatic heterocycles. The number of rotatable bonds is 4. The van der Waals surface area contributed by atoms with Gasteiger partial charge >= 0.3 is 0 Å². The van der Waals surface area contributed by atoms with E-state index in [1.54, 1.807) is 12.1 Å². The van der Waals surface area contributed by atoms with Crippen molar-refractivity contribution >= 4 is 0 Å². The van der Waals surface area contributed by atoms with Gasteiger partial charge in [0.1, 0.15) is 5.75 Å². The van der Waals surface area contributed by atoms with Gasteiger partial charge in [-0.05, 0) is 63.4 Å². The lowest BCUT2D eigenvalue weighted by Crippen LogP contribution is -2.37. The van der Waals surface area contributed by atoms with Crippen molar-refractivity contribution in [1.29, 1.82) is 0 Å². The monoisotopic (exact) mass is 233 g/mol. The van der Waals surface area contributed by atoms with Crippen molar-refractivity contribution in [2.75, 3.05) is 13.1 Å². The highest BCUT2D eigenvalue weighted by atomic mass is 16.3. The Hall–Kier alpha value is -1.02. The van der Waals surface area contributed by atoms with Crippen molar-refractivity contribution in [3.05, 3.63) is 29.8 Å². The zero-order valence-corrected chi connectivity index (χ0v) is 10.7. The summed E-state index contributed by atoms with van der Waals surface area (Å²) in [5.41, 5.74) is 1.33. The van der Waals surface area contributed by atoms with Gasteiger partial charge in [0, 0.05) is 6.04 Å². The summed E-state index contributed by atoms with van der Waals surface area (Å²) in [7, 11) is 0. The highest BCUT2D eigenvalue weighted by molar-refractivity contribution is 5.25. The van der Waals surface area contributed by atoms with Gasteiger partial charge in [-0.15, -0.1) is 0 Å². The van der Waals surface area contributed by atoms with Gasteiger partial charge < -0.3 is 10.0 Å². The fourth-order valence-corrected chi connectivity index (χ4v) is 2.58. The molecule has 0 spiro atoms. The molecule has 0 radical (unpaired) electrons. The summed E-state index contributed by atoms with van der Waals surface area (Å²) < 4.78 is 0. The second-order valence-electron chi connectivity index (χ2n) is 5.15. The number of phenols is 1. The molecule has 1 aromatic carbocycles. The molecule has 1 saturated heterocycles. The van der Waals surface area contributed by atoms with E-state index in [2.05, 4.69) is 11.8 Å². The second-order valence-corrected chi connectivity index (χ2v) is 5.15. The molecular weight excluding hydrogens is 210 g/mol. The van der Waals surface area contributed by atoms with Crippen LogP contribution in [0.15, 0.2) is 24.3 Å². The summed E-state index contributed by atoms with van der Waals surface area (Å²) in [6.07, 6.45) is 6.46. The molecule has 1 fully saturated rings. The van der Waals surface area contributed by atoms with Crippen LogP contribution in [0.25, 0.3) is 0 Å². The molecule has 1 aromatic rings. The number of likely N-dealkylation sites (tertiary alicyclic amines) is 1. The molecule has 94 valence electrons. The van der Waals surface area contributed by atoms with Crippen molar-refractivity contribution in [2.24, 2.45) is 0 Å². The van der Waals surface area contributed by atoms with E-state index in [0.29, 0.717) is 11.8 Å². The highest BCUT2D eigenvalue weighted by Gasteiger charge is 2.16. The Morgan fingerprint density at radius 2 is 1.76 bits per heavy atom. The molecule has 1 aliphatic rings. The van der Waals surface area contributed by atoms with Gasteiger partial charge in [0.05, 0.1) is 0 Å². The standard InChI is InChI=1S/C15H23NO/c1-13(16-11-3-2-4-12-16)5-6-14-7-9-15(17)10-8-14/h7-10,13,17H,2-6,11-12H2,1H3. The number of benzene rings is 1. The molecule has 0 bridgehead atoms. The van der Waals surface area contributed by atoms with E-state index >= 15 is 0 Å². The average molecular weight is 233 g/mol. The molecule has 17 heavy (non-hydrogen) atoms. The van der Waals surface area contributed by atoms with E-state index in [4.69, 9.17) is 0 Å². The third-order valence-corrected chi connectivity index (χ3v) is 3.80. The number of phenolic OH excluding ortho intramolecular Hbond substituents is 1. The van der Waals surface area contributed by atoms with Gasteiger partial charge in [-0.3, -0.25) is 0 Å². The van der Waals surface area contributed by atoms with Gasteiger partial charge in [0.15, 0.2) is 0 Å². The summed E-state index contributed by atoms with van der Waals surface area (Å²) in [5.74, 6) is 0.359. The minimum Gasteiger partial charge on any atom is -0.508 e. The largest absolute Gasteiger partial charge is 0.508 e. The first-order valence-corrected chi connectivity index (χ1v) is 6.77. The fourth-order valence-electron chi connectivity index (χ4n) is 2.58. The van der Waals surface area contributed by atoms with E-state index in [1.165, 1.54) is 44.3 Å². The molecule has 1 unspecified atom stereocenters. The number of aromatic hydroxyl groups is 1. The molecule has 0 amide bonds. The maximum absolute atomic E-state index is 9.23. The molecule has 1 atom stereocenters. The number of hydrogen-bond acceptors (Lipinski definition) is 2. The Kier molecular flexibility index (Phi) is 4.43. The van der Waals surface area contributed by atoms with E-state index in [1.807, 2.05) is 12.1 Å². The number of piperidine rings is 1. The Morgan fingerprint density at radius 3 is 2.41 bits per heavy atom. The summed E-state index contributed by atoms with van der Waals surface area (Å²) >= 11 is 0. The van der Waals surface area contributed by atoms with Crippen LogP contribution in [0.3, 0.4) is 0 Å². The predicted molar refractivity (Wildman–Crippen MR) is 71.3 cm³/mol. The van der Waals surface area contributed by atoms with Crippen molar-refractivity contribution < 1.29 is 5.11 Å². The first-order valence-electron chi connectivity index (χ1n) is 6.77. The molecule has 2 rings (SSSR count). The molecule has 1 aliphatic heterocycles. The summed E-state index contributed by atoms with van der Waals surface area (Å²) in [6.45, 7) is 4.89. The Morgan fingerprint density at radius 1 is 1.12 bits per heavy atom. The molecular formula is C15H23NO. The molecule has 0 aliphatic carbocycles. The van der Waals surface area contributed by atoms with Crippen LogP contribution in [0.1, 0.15) is 38.2 Å². The third-order valence-electron chi connectivity index (χ3n) is 3.80. The van der Waals surface area contributed by atoms with Crippen LogP contribution >= 0.6 is 0 Å². The molecule has 2 heteroatoms. The van der Waals surface area contributed by atoms with Gasteiger partial charge in [-0.2, -0.15) is 0 Å². The van der Waals surface area contributed by atoms with Crippen LogP contribution in [0.5, 0.6) is 5.75 Å². The maximum atomic E-state index is 9.23. The van der Waals surface area contributed by atoms with Crippen molar-refractivity contribution in [3.63, 3.8) is 0 Å². The number of hydrogen-bond donors (Lipinski definition) is 1. The second kappa shape index (κ2) is 6.06. The van der Waals surface area contributed by atoms with Crippen LogP contribution < -0.4 is 0 Å². The molecule has 1 N–H and O–H groups in total. The van der Waals surface area contributed by atoms with E-state index in [-0.39, 0.29) is 0 Å². The number of aryl methyl sites for hydroxylation is 1. The van der Waals surface area contributed by atoms with Crippen LogP contribution in [-0.2, 0) is 6.42 Å². The van der Waals surface area contributed by atoms with Gasteiger partial charge in [-0.25, -0.2) is 0 Å². The maximum Gasteiger partial charge on any atom is 0.115 e. The normalized spacial score (nSPS) is 19.1. The van der Waals surface area contributed by atoms with Crippen LogP contribution in [0, 0.1) is 0 Å². The summed E-state index contributed by atoms with van der Waals surface area (Å²) in [5, 5.41) is 9.23. The average Bonchev–Trinajstić information content (AvgIpc) is 2.39. The van der Waals surface area contributed by atoms with E-state index < -0.39 is 0 Å². The lowest BCUT2D eigenvalue weighted by Gasteiger charge is -2.32. The lowest BCUT2D eigenvalue weighted by atomic mass is 10.0. The highest BCUT2D eigenvalue weighted by Crippen LogP contribution is 2.17. The Labute approximate surface area is 104 Å². The van der Waals surface area contributed by atoms with Gasteiger partial charge in [0.2, 0.25) is 0 Å². The summed E-state index contributed by atoms with van der Waals surface area (Å²) in [6, 6.07) is 8.29. The molecule has 1 heterocycles. The van der Waals surface area contributed by atoms with E-state index in [9.17, 15) is 5.11 Å². The minimum absolute atomic E-state index is 0.359. The fraction of sp³-hybridized carbons (Fsp3) is 0.600. The van der Waals surface area contributed by atoms with Crippen molar-refractivity contribution in [2.45, 2.75) is 45.1 Å². The van der Waals surface area contributed by atoms with Crippen molar-refractivity contribution in [3.8, 4) is 5.75 Å². The minimum atomic E-state index is 0.359.